The number of aliphatic carboxylic acids is 1. The van der Waals surface area contributed by atoms with E-state index in [-0.39, 0.29) is 11.5 Å². The number of ether oxygens (including phenoxy) is 1. The van der Waals surface area contributed by atoms with E-state index < -0.39 is 35.1 Å². The van der Waals surface area contributed by atoms with Gasteiger partial charge < -0.3 is 9.84 Å². The average Bonchev–Trinajstić information content (AvgIpc) is 2.75. The molecule has 0 aromatic carbocycles. The van der Waals surface area contributed by atoms with Gasteiger partial charge in [-0.15, -0.1) is 0 Å². The van der Waals surface area contributed by atoms with Gasteiger partial charge in [-0.05, 0) is 6.92 Å². The van der Waals surface area contributed by atoms with Crippen LogP contribution in [0.2, 0.25) is 0 Å². The van der Waals surface area contributed by atoms with Crippen LogP contribution in [0.15, 0.2) is 17.3 Å². The Labute approximate surface area is 109 Å². The van der Waals surface area contributed by atoms with Gasteiger partial charge in [-0.25, -0.2) is 8.42 Å². The fourth-order valence-corrected chi connectivity index (χ4v) is 2.08. The highest BCUT2D eigenvalue weighted by molar-refractivity contribution is 7.89. The summed E-state index contributed by atoms with van der Waals surface area (Å²) in [5.41, 5.74) is 0. The van der Waals surface area contributed by atoms with Crippen molar-refractivity contribution in [3.05, 3.63) is 12.4 Å². The minimum absolute atomic E-state index is 0.150. The number of hydrogen-bond donors (Lipinski definition) is 2. The molecule has 9 nitrogen and oxygen atoms in total. The lowest BCUT2D eigenvalue weighted by Crippen LogP contribution is -2.30. The van der Waals surface area contributed by atoms with E-state index in [9.17, 15) is 18.0 Å². The Balaban J connectivity index is 2.69. The van der Waals surface area contributed by atoms with Gasteiger partial charge in [0.2, 0.25) is 10.0 Å². The summed E-state index contributed by atoms with van der Waals surface area (Å²) in [6.45, 7) is 0.799. The Morgan fingerprint density at radius 1 is 1.53 bits per heavy atom. The third-order valence-corrected chi connectivity index (χ3v) is 3.28. The van der Waals surface area contributed by atoms with Crippen LogP contribution in [0.25, 0.3) is 0 Å². The minimum atomic E-state index is -3.92. The molecule has 0 aliphatic heterocycles. The Morgan fingerprint density at radius 2 is 2.21 bits per heavy atom. The summed E-state index contributed by atoms with van der Waals surface area (Å²) in [4.78, 5) is 21.2. The van der Waals surface area contributed by atoms with Crippen LogP contribution >= 0.6 is 0 Å². The molecule has 0 saturated carbocycles. The molecule has 0 radical (unpaired) electrons. The van der Waals surface area contributed by atoms with Gasteiger partial charge in [0.1, 0.15) is 18.0 Å². The van der Waals surface area contributed by atoms with Crippen LogP contribution in [0.4, 0.5) is 0 Å². The molecule has 0 aliphatic carbocycles. The number of nitrogens with one attached hydrogen (secondary N) is 1. The molecule has 10 heteroatoms. The number of carbonyl (C=O) groups is 2. The number of carbonyl (C=O) groups excluding carboxylic acids is 1. The molecule has 1 aromatic rings. The monoisotopic (exact) mass is 291 g/mol. The van der Waals surface area contributed by atoms with Crippen molar-refractivity contribution in [3.8, 4) is 0 Å². The van der Waals surface area contributed by atoms with Gasteiger partial charge in [0, 0.05) is 6.20 Å². The van der Waals surface area contributed by atoms with Gasteiger partial charge in [0.05, 0.1) is 12.8 Å². The second-order valence-corrected chi connectivity index (χ2v) is 5.16. The van der Waals surface area contributed by atoms with Gasteiger partial charge in [0.25, 0.3) is 0 Å². The first-order valence-corrected chi connectivity index (χ1v) is 6.73. The molecular weight excluding hydrogens is 278 g/mol. The third kappa shape index (κ3) is 4.67. The summed E-state index contributed by atoms with van der Waals surface area (Å²) < 4.78 is 31.0. The molecule has 0 bridgehead atoms. The number of hydrogen-bond acceptors (Lipinski definition) is 6. The van der Waals surface area contributed by atoms with Crippen molar-refractivity contribution in [3.63, 3.8) is 0 Å². The van der Waals surface area contributed by atoms with Crippen molar-refractivity contribution in [1.29, 1.82) is 0 Å². The van der Waals surface area contributed by atoms with E-state index >= 15 is 0 Å². The molecule has 0 amide bonds. The van der Waals surface area contributed by atoms with Crippen molar-refractivity contribution >= 4 is 22.0 Å². The maximum Gasteiger partial charge on any atom is 0.325 e. The number of rotatable bonds is 7. The zero-order valence-electron chi connectivity index (χ0n) is 10.1. The highest BCUT2D eigenvalue weighted by atomic mass is 32.2. The minimum Gasteiger partial charge on any atom is -0.480 e. The van der Waals surface area contributed by atoms with E-state index in [0.29, 0.717) is 0 Å². The summed E-state index contributed by atoms with van der Waals surface area (Å²) in [5, 5.41) is 12.1. The Hall–Kier alpha value is -1.94. The zero-order valence-corrected chi connectivity index (χ0v) is 10.9. The standard InChI is InChI=1S/C9H13N3O6S/c1-2-18-9(15)4-11-19(16,17)7-3-10-12(5-7)6-8(13)14/h3,5,11H,2,4,6H2,1H3,(H,13,14). The maximum absolute atomic E-state index is 11.7. The molecule has 1 rings (SSSR count). The van der Waals surface area contributed by atoms with E-state index in [1.54, 1.807) is 6.92 Å². The number of esters is 1. The topological polar surface area (TPSA) is 128 Å². The normalized spacial score (nSPS) is 11.2. The van der Waals surface area contributed by atoms with Gasteiger partial charge in [-0.2, -0.15) is 9.82 Å². The number of carboxylic acids is 1. The van der Waals surface area contributed by atoms with E-state index in [2.05, 4.69) is 9.84 Å². The van der Waals surface area contributed by atoms with Crippen LogP contribution < -0.4 is 4.72 Å². The van der Waals surface area contributed by atoms with Crippen LogP contribution in [0, 0.1) is 0 Å². The highest BCUT2D eigenvalue weighted by Crippen LogP contribution is 2.06. The lowest BCUT2D eigenvalue weighted by molar-refractivity contribution is -0.141. The number of nitrogens with zero attached hydrogens (tertiary/aromatic N) is 2. The summed E-state index contributed by atoms with van der Waals surface area (Å²) in [5.74, 6) is -1.85. The van der Waals surface area contributed by atoms with E-state index in [1.807, 2.05) is 4.72 Å². The molecule has 0 aliphatic rings. The number of aromatic nitrogens is 2. The zero-order chi connectivity index (χ0) is 14.5. The third-order valence-electron chi connectivity index (χ3n) is 1.93. The van der Waals surface area contributed by atoms with E-state index in [4.69, 9.17) is 5.11 Å². The first-order valence-electron chi connectivity index (χ1n) is 5.24. The molecular formula is C9H13N3O6S. The predicted molar refractivity (Wildman–Crippen MR) is 61.7 cm³/mol. The van der Waals surface area contributed by atoms with Crippen LogP contribution in [0.5, 0.6) is 0 Å². The Bertz CT molecular complexity index is 564. The fraction of sp³-hybridized carbons (Fsp3) is 0.444. The number of sulfonamides is 1. The average molecular weight is 291 g/mol. The highest BCUT2D eigenvalue weighted by Gasteiger charge is 2.18. The van der Waals surface area contributed by atoms with Crippen LogP contribution in [-0.2, 0) is 30.9 Å². The summed E-state index contributed by atoms with van der Waals surface area (Å²) >= 11 is 0. The van der Waals surface area contributed by atoms with Gasteiger partial charge in [-0.1, -0.05) is 0 Å². The number of carboxylic acid groups (broad SMARTS) is 1. The first kappa shape index (κ1) is 15.1. The lowest BCUT2D eigenvalue weighted by Gasteiger charge is -2.04. The van der Waals surface area contributed by atoms with Crippen LogP contribution in [0.3, 0.4) is 0 Å². The van der Waals surface area contributed by atoms with Crippen LogP contribution in [-0.4, -0.2) is 48.4 Å². The molecule has 1 aromatic heterocycles. The molecule has 0 unspecified atom stereocenters. The summed E-state index contributed by atoms with van der Waals surface area (Å²) in [6, 6.07) is 0. The summed E-state index contributed by atoms with van der Waals surface area (Å²) in [6.07, 6.45) is 2.05. The van der Waals surface area contributed by atoms with Crippen molar-refractivity contribution in [2.45, 2.75) is 18.4 Å². The molecule has 19 heavy (non-hydrogen) atoms. The summed E-state index contributed by atoms with van der Waals surface area (Å²) in [7, 11) is -3.92. The molecule has 0 saturated heterocycles. The van der Waals surface area contributed by atoms with Gasteiger partial charge in [0.15, 0.2) is 0 Å². The quantitative estimate of drug-likeness (QED) is 0.604. The fourth-order valence-electron chi connectivity index (χ4n) is 1.16. The largest absolute Gasteiger partial charge is 0.480 e. The smallest absolute Gasteiger partial charge is 0.325 e. The van der Waals surface area contributed by atoms with Crippen molar-refractivity contribution in [2.24, 2.45) is 0 Å². The molecule has 1 heterocycles. The first-order chi connectivity index (χ1) is 8.85. The van der Waals surface area contributed by atoms with Crippen LogP contribution in [0.1, 0.15) is 6.92 Å². The van der Waals surface area contributed by atoms with Gasteiger partial charge >= 0.3 is 11.9 Å². The molecule has 0 fully saturated rings. The van der Waals surface area contributed by atoms with Crippen molar-refractivity contribution < 1.29 is 27.9 Å². The maximum atomic E-state index is 11.7. The van der Waals surface area contributed by atoms with Crippen molar-refractivity contribution in [1.82, 2.24) is 14.5 Å². The SMILES string of the molecule is CCOC(=O)CNS(=O)(=O)c1cnn(CC(=O)O)c1. The molecule has 2 N–H and O–H groups in total. The second kappa shape index (κ2) is 6.29. The lowest BCUT2D eigenvalue weighted by atomic mass is 10.6. The predicted octanol–water partition coefficient (Wildman–Crippen LogP) is -1.19. The second-order valence-electron chi connectivity index (χ2n) is 3.40. The molecule has 0 spiro atoms. The Kier molecular flexibility index (Phi) is 5.01. The van der Waals surface area contributed by atoms with E-state index in [0.717, 1.165) is 17.1 Å². The van der Waals surface area contributed by atoms with E-state index in [1.165, 1.54) is 0 Å². The Morgan fingerprint density at radius 3 is 2.79 bits per heavy atom. The molecule has 106 valence electrons. The van der Waals surface area contributed by atoms with Crippen molar-refractivity contribution in [2.75, 3.05) is 13.2 Å². The van der Waals surface area contributed by atoms with Gasteiger partial charge in [-0.3, -0.25) is 14.3 Å². The molecule has 0 atom stereocenters.